The average molecular weight is 750 g/mol. The number of ketones is 1. The van der Waals surface area contributed by atoms with Gasteiger partial charge in [-0.1, -0.05) is 54.5 Å². The minimum atomic E-state index is -1.17. The van der Waals surface area contributed by atoms with Crippen LogP contribution in [0.4, 0.5) is 0 Å². The number of carbonyl (C=O) groups is 3. The normalized spacial score (nSPS) is 39.3. The van der Waals surface area contributed by atoms with Crippen LogP contribution in [0.1, 0.15) is 132 Å². The van der Waals surface area contributed by atoms with Gasteiger partial charge in [-0.25, -0.2) is 0 Å². The first-order valence-electron chi connectivity index (χ1n) is 21.1. The Morgan fingerprint density at radius 3 is 2.37 bits per heavy atom. The molecule has 6 rings (SSSR count). The molecule has 5 fully saturated rings. The summed E-state index contributed by atoms with van der Waals surface area (Å²) in [4.78, 5) is 45.7. The van der Waals surface area contributed by atoms with Crippen LogP contribution in [-0.4, -0.2) is 69.7 Å². The van der Waals surface area contributed by atoms with Gasteiger partial charge in [0.1, 0.15) is 11.9 Å². The largest absolute Gasteiger partial charge is 0.481 e. The lowest BCUT2D eigenvalue weighted by molar-refractivity contribution is -0.257. The first-order valence-corrected chi connectivity index (χ1v) is 21.1. The number of carbonyl (C=O) groups excluding carboxylic acids is 2. The smallest absolute Gasteiger partial charge is 0.309 e. The summed E-state index contributed by atoms with van der Waals surface area (Å²) in [7, 11) is 0. The Labute approximate surface area is 325 Å². The molecule has 3 unspecified atom stereocenters. The molecule has 0 bridgehead atoms. The van der Waals surface area contributed by atoms with Crippen LogP contribution in [0.15, 0.2) is 24.5 Å². The van der Waals surface area contributed by atoms with Gasteiger partial charge in [0.25, 0.3) is 0 Å². The number of hydrogen-bond acceptors (Lipinski definition) is 8. The van der Waals surface area contributed by atoms with Gasteiger partial charge in [0.15, 0.2) is 0 Å². The monoisotopic (exact) mass is 750 g/mol. The number of nitrogens with zero attached hydrogens (tertiary/aromatic N) is 2. The summed E-state index contributed by atoms with van der Waals surface area (Å²) in [5.74, 6) is 0.471. The molecular formula is C45H71N3O6. The van der Waals surface area contributed by atoms with Crippen LogP contribution in [0, 0.1) is 68.0 Å². The number of carboxylic acids is 1. The van der Waals surface area contributed by atoms with Crippen LogP contribution >= 0.6 is 0 Å². The van der Waals surface area contributed by atoms with Gasteiger partial charge >= 0.3 is 11.9 Å². The molecule has 11 atom stereocenters. The van der Waals surface area contributed by atoms with Gasteiger partial charge in [-0.3, -0.25) is 24.3 Å². The third-order valence-corrected chi connectivity index (χ3v) is 17.2. The van der Waals surface area contributed by atoms with E-state index in [0.29, 0.717) is 56.1 Å². The van der Waals surface area contributed by atoms with Gasteiger partial charge < -0.3 is 20.7 Å². The van der Waals surface area contributed by atoms with Crippen LogP contribution in [0.3, 0.4) is 0 Å². The number of carboxylic acid groups (broad SMARTS) is 1. The molecule has 9 nitrogen and oxygen atoms in total. The van der Waals surface area contributed by atoms with Crippen molar-refractivity contribution in [3.8, 4) is 0 Å². The lowest BCUT2D eigenvalue weighted by Crippen LogP contribution is -2.67. The molecule has 5 aliphatic rings. The molecule has 0 radical (unpaired) electrons. The van der Waals surface area contributed by atoms with Crippen molar-refractivity contribution in [2.24, 2.45) is 73.7 Å². The fourth-order valence-corrected chi connectivity index (χ4v) is 14.2. The number of rotatable bonds is 12. The number of aliphatic carboxylic acids is 1. The van der Waals surface area contributed by atoms with E-state index < -0.39 is 28.9 Å². The third-order valence-electron chi connectivity index (χ3n) is 17.2. The molecule has 0 amide bonds. The highest BCUT2D eigenvalue weighted by atomic mass is 16.5. The van der Waals surface area contributed by atoms with Crippen molar-refractivity contribution in [2.75, 3.05) is 19.6 Å². The highest BCUT2D eigenvalue weighted by molar-refractivity contribution is 5.85. The molecule has 1 aromatic heterocycles. The van der Waals surface area contributed by atoms with Crippen LogP contribution < -0.4 is 5.73 Å². The number of fused-ring (bicyclic) bond motifs is 7. The van der Waals surface area contributed by atoms with E-state index in [9.17, 15) is 24.6 Å². The summed E-state index contributed by atoms with van der Waals surface area (Å²) in [5.41, 5.74) is 5.52. The molecule has 0 aromatic carbocycles. The number of hydrogen-bond donors (Lipinski definition) is 3. The number of aromatic nitrogens is 1. The van der Waals surface area contributed by atoms with Crippen molar-refractivity contribution in [1.29, 1.82) is 0 Å². The summed E-state index contributed by atoms with van der Waals surface area (Å²) < 4.78 is 6.18. The topological polar surface area (TPSA) is 143 Å². The average Bonchev–Trinajstić information content (AvgIpc) is 3.40. The first kappa shape index (κ1) is 41.3. The maximum atomic E-state index is 14.2. The second-order valence-electron chi connectivity index (χ2n) is 20.9. The molecule has 9 heteroatoms. The molecule has 4 N–H and O–H groups in total. The lowest BCUT2D eigenvalue weighted by atomic mass is 9.32. The fraction of sp³-hybridized carbons (Fsp3) is 0.822. The van der Waals surface area contributed by atoms with E-state index >= 15 is 0 Å². The molecule has 0 spiro atoms. The third kappa shape index (κ3) is 6.58. The Morgan fingerprint density at radius 2 is 1.74 bits per heavy atom. The standard InChI is InChI=1S/C45H71N3O6/c1-28(2)37-31(49)23-45(34(50)27-48(22-20-46)26-29-11-10-21-47-25-29)19-18-43(8)30(38(37)45)12-13-33-42(7)16-15-35(54-36(51)24-40(3,4)39(52)53)41(5,6)32(42)14-17-44(33,43)9/h10-11,21,25,28,30,32-35,37-38,50H,12-20,22-24,26-27,46H2,1-9H3,(H,52,53)/t30-,32+,33-,34+,35+,37?,38?,42+,43-,44-,45?/m1/s1. The zero-order valence-electron chi connectivity index (χ0n) is 34.8. The summed E-state index contributed by atoms with van der Waals surface area (Å²) >= 11 is 0. The second-order valence-corrected chi connectivity index (χ2v) is 20.9. The number of nitrogens with two attached hydrogens (primary N) is 1. The molecular weight excluding hydrogens is 679 g/mol. The van der Waals surface area contributed by atoms with Crippen molar-refractivity contribution >= 4 is 17.7 Å². The van der Waals surface area contributed by atoms with Gasteiger partial charge in [0, 0.05) is 61.7 Å². The van der Waals surface area contributed by atoms with E-state index in [1.807, 2.05) is 12.3 Å². The van der Waals surface area contributed by atoms with Crippen LogP contribution in [-0.2, 0) is 25.7 Å². The van der Waals surface area contributed by atoms with E-state index in [2.05, 4.69) is 64.4 Å². The highest BCUT2D eigenvalue weighted by Gasteiger charge is 2.73. The van der Waals surface area contributed by atoms with E-state index in [0.717, 1.165) is 56.9 Å². The highest BCUT2D eigenvalue weighted by Crippen LogP contribution is 2.77. The summed E-state index contributed by atoms with van der Waals surface area (Å²) in [6.07, 6.45) is 11.1. The van der Waals surface area contributed by atoms with Crippen molar-refractivity contribution < 1.29 is 29.3 Å². The van der Waals surface area contributed by atoms with Gasteiger partial charge in [-0.15, -0.1) is 0 Å². The van der Waals surface area contributed by atoms with Crippen LogP contribution in [0.2, 0.25) is 0 Å². The number of Topliss-reactive ketones (excluding diaryl/α,β-unsaturated/α-hetero) is 1. The second kappa shape index (κ2) is 14.5. The van der Waals surface area contributed by atoms with Gasteiger partial charge in [0.2, 0.25) is 0 Å². The van der Waals surface area contributed by atoms with E-state index in [-0.39, 0.29) is 51.9 Å². The maximum Gasteiger partial charge on any atom is 0.309 e. The number of pyridine rings is 1. The van der Waals surface area contributed by atoms with Gasteiger partial charge in [-0.05, 0) is 123 Å². The van der Waals surface area contributed by atoms with E-state index in [4.69, 9.17) is 10.5 Å². The Balaban J connectivity index is 1.27. The summed E-state index contributed by atoms with van der Waals surface area (Å²) in [6, 6.07) is 4.02. The van der Waals surface area contributed by atoms with Gasteiger partial charge in [-0.2, -0.15) is 0 Å². The number of ether oxygens (including phenoxy) is 1. The molecule has 0 aliphatic heterocycles. The Morgan fingerprint density at radius 1 is 1.02 bits per heavy atom. The van der Waals surface area contributed by atoms with Crippen molar-refractivity contribution in [3.63, 3.8) is 0 Å². The Hall–Kier alpha value is -2.36. The van der Waals surface area contributed by atoms with Crippen LogP contribution in [0.25, 0.3) is 0 Å². The Kier molecular flexibility index (Phi) is 11.1. The number of esters is 1. The molecule has 302 valence electrons. The molecule has 1 heterocycles. The summed E-state index contributed by atoms with van der Waals surface area (Å²) in [6.45, 7) is 22.2. The molecule has 1 aromatic rings. The quantitative estimate of drug-likeness (QED) is 0.185. The van der Waals surface area contributed by atoms with E-state index in [1.54, 1.807) is 20.0 Å². The van der Waals surface area contributed by atoms with Crippen molar-refractivity contribution in [1.82, 2.24) is 9.88 Å². The van der Waals surface area contributed by atoms with Gasteiger partial charge in [0.05, 0.1) is 17.9 Å². The fourth-order valence-electron chi connectivity index (χ4n) is 14.2. The van der Waals surface area contributed by atoms with Crippen LogP contribution in [0.5, 0.6) is 0 Å². The number of aliphatic hydroxyl groups excluding tert-OH is 1. The first-order chi connectivity index (χ1) is 25.2. The van der Waals surface area contributed by atoms with Crippen molar-refractivity contribution in [2.45, 2.75) is 145 Å². The molecule has 54 heavy (non-hydrogen) atoms. The Bertz CT molecular complexity index is 1560. The minimum absolute atomic E-state index is 0.0259. The molecule has 5 aliphatic carbocycles. The van der Waals surface area contributed by atoms with E-state index in [1.165, 1.54) is 0 Å². The minimum Gasteiger partial charge on any atom is -0.481 e. The number of aliphatic hydroxyl groups is 1. The SMILES string of the molecule is CC(C)C1C(=O)CC2([C@@H](O)CN(CCN)Cc3cccnc3)CC[C@]3(C)[C@H](CC[C@@H]4[C@@]5(C)CC[C@H](OC(=O)CC(C)(C)C(=O)O)C(C)(C)[C@@H]5CC[C@]43C)C12. The predicted octanol–water partition coefficient (Wildman–Crippen LogP) is 7.53. The zero-order chi connectivity index (χ0) is 39.6. The lowest BCUT2D eigenvalue weighted by Gasteiger charge is -2.73. The molecule has 0 saturated heterocycles. The zero-order valence-corrected chi connectivity index (χ0v) is 34.8. The maximum absolute atomic E-state index is 14.2. The molecule has 5 saturated carbocycles. The predicted molar refractivity (Wildman–Crippen MR) is 210 cm³/mol. The summed E-state index contributed by atoms with van der Waals surface area (Å²) in [5, 5.41) is 22.1. The van der Waals surface area contributed by atoms with Crippen molar-refractivity contribution in [3.05, 3.63) is 30.1 Å².